The van der Waals surface area contributed by atoms with Gasteiger partial charge in [0.1, 0.15) is 24.0 Å². The van der Waals surface area contributed by atoms with Gasteiger partial charge in [-0.05, 0) is 24.3 Å². The number of nitrogens with one attached hydrogen (secondary N) is 1. The highest BCUT2D eigenvalue weighted by atomic mass is 32.2. The lowest BCUT2D eigenvalue weighted by atomic mass is 10.1. The summed E-state index contributed by atoms with van der Waals surface area (Å²) >= 11 is 1.17. The number of benzene rings is 2. The van der Waals surface area contributed by atoms with Crippen LogP contribution >= 0.6 is 11.8 Å². The molecule has 0 unspecified atom stereocenters. The largest absolute Gasteiger partial charge is 0.416 e. The fourth-order valence-electron chi connectivity index (χ4n) is 2.76. The maximum absolute atomic E-state index is 13.1. The van der Waals surface area contributed by atoms with Crippen LogP contribution in [-0.2, 0) is 11.0 Å². The number of carbonyl (C=O) groups is 1. The number of carbonyl (C=O) groups excluding carboxylic acids is 1. The van der Waals surface area contributed by atoms with Crippen molar-refractivity contribution in [1.82, 2.24) is 24.7 Å². The SMILES string of the molecule is O=C(CSc1ncnc2ccccc12)Nc1cc(C(F)(F)F)ccc1-n1cncn1. The second kappa shape index (κ2) is 8.11. The topological polar surface area (TPSA) is 85.6 Å². The van der Waals surface area contributed by atoms with Crippen LogP contribution in [0.5, 0.6) is 0 Å². The van der Waals surface area contributed by atoms with Gasteiger partial charge in [-0.3, -0.25) is 4.79 Å². The second-order valence-electron chi connectivity index (χ2n) is 6.10. The summed E-state index contributed by atoms with van der Waals surface area (Å²) in [5.41, 5.74) is 0.109. The van der Waals surface area contributed by atoms with Crippen LogP contribution in [0.2, 0.25) is 0 Å². The first kappa shape index (κ1) is 19.8. The van der Waals surface area contributed by atoms with E-state index in [2.05, 4.69) is 25.4 Å². The van der Waals surface area contributed by atoms with Crippen LogP contribution in [-0.4, -0.2) is 36.4 Å². The molecule has 0 aliphatic carbocycles. The maximum Gasteiger partial charge on any atom is 0.416 e. The Morgan fingerprint density at radius 3 is 2.70 bits per heavy atom. The van der Waals surface area contributed by atoms with Crippen LogP contribution in [0.1, 0.15) is 5.56 Å². The highest BCUT2D eigenvalue weighted by Crippen LogP contribution is 2.33. The van der Waals surface area contributed by atoms with Crippen molar-refractivity contribution in [3.05, 3.63) is 67.0 Å². The first-order valence-corrected chi connectivity index (χ1v) is 9.59. The van der Waals surface area contributed by atoms with Crippen molar-refractivity contribution in [2.75, 3.05) is 11.1 Å². The first-order valence-electron chi connectivity index (χ1n) is 8.60. The molecule has 152 valence electrons. The van der Waals surface area contributed by atoms with Gasteiger partial charge < -0.3 is 5.32 Å². The number of hydrogen-bond donors (Lipinski definition) is 1. The fraction of sp³-hybridized carbons (Fsp3) is 0.105. The third kappa shape index (κ3) is 4.25. The number of rotatable bonds is 5. The highest BCUT2D eigenvalue weighted by molar-refractivity contribution is 8.00. The minimum atomic E-state index is -4.55. The van der Waals surface area contributed by atoms with E-state index in [1.165, 1.54) is 41.5 Å². The molecule has 0 saturated heterocycles. The van der Waals surface area contributed by atoms with Crippen molar-refractivity contribution in [2.24, 2.45) is 0 Å². The number of thioether (sulfide) groups is 1. The van der Waals surface area contributed by atoms with Crippen LogP contribution in [0.4, 0.5) is 18.9 Å². The van der Waals surface area contributed by atoms with Crippen LogP contribution < -0.4 is 5.32 Å². The normalized spacial score (nSPS) is 11.6. The number of nitrogens with zero attached hydrogens (tertiary/aromatic N) is 5. The molecule has 0 spiro atoms. The van der Waals surface area contributed by atoms with E-state index < -0.39 is 17.6 Å². The fourth-order valence-corrected chi connectivity index (χ4v) is 3.55. The molecule has 1 amide bonds. The molecule has 4 rings (SSSR count). The van der Waals surface area contributed by atoms with E-state index in [0.29, 0.717) is 5.03 Å². The molecule has 0 aliphatic heterocycles. The summed E-state index contributed by atoms with van der Waals surface area (Å²) in [6, 6.07) is 10.4. The summed E-state index contributed by atoms with van der Waals surface area (Å²) in [4.78, 5) is 24.6. The molecule has 2 aromatic carbocycles. The summed E-state index contributed by atoms with van der Waals surface area (Å²) in [5.74, 6) is -0.531. The first-order chi connectivity index (χ1) is 14.4. The Balaban J connectivity index is 1.56. The Labute approximate surface area is 172 Å². The third-order valence-electron chi connectivity index (χ3n) is 4.11. The highest BCUT2D eigenvalue weighted by Gasteiger charge is 2.31. The van der Waals surface area contributed by atoms with Crippen molar-refractivity contribution in [3.63, 3.8) is 0 Å². The van der Waals surface area contributed by atoms with Crippen LogP contribution in [0.3, 0.4) is 0 Å². The lowest BCUT2D eigenvalue weighted by Crippen LogP contribution is -2.17. The van der Waals surface area contributed by atoms with Gasteiger partial charge in [-0.1, -0.05) is 30.0 Å². The molecule has 0 radical (unpaired) electrons. The van der Waals surface area contributed by atoms with Gasteiger partial charge >= 0.3 is 6.18 Å². The average molecular weight is 430 g/mol. The average Bonchev–Trinajstić information content (AvgIpc) is 3.26. The Hall–Kier alpha value is -3.47. The van der Waals surface area contributed by atoms with Gasteiger partial charge in [-0.25, -0.2) is 19.6 Å². The smallest absolute Gasteiger partial charge is 0.323 e. The number of hydrogen-bond acceptors (Lipinski definition) is 6. The Morgan fingerprint density at radius 1 is 1.10 bits per heavy atom. The molecular formula is C19H13F3N6OS. The van der Waals surface area contributed by atoms with Gasteiger partial charge in [0.05, 0.1) is 28.2 Å². The predicted molar refractivity (Wildman–Crippen MR) is 105 cm³/mol. The number of para-hydroxylation sites is 1. The van der Waals surface area contributed by atoms with Gasteiger partial charge in [0.25, 0.3) is 0 Å². The zero-order valence-corrected chi connectivity index (χ0v) is 16.0. The summed E-state index contributed by atoms with van der Waals surface area (Å²) in [7, 11) is 0. The summed E-state index contributed by atoms with van der Waals surface area (Å²) in [6.07, 6.45) is -0.563. The van der Waals surface area contributed by atoms with Crippen LogP contribution in [0, 0.1) is 0 Å². The van der Waals surface area contributed by atoms with Crippen molar-refractivity contribution in [2.45, 2.75) is 11.2 Å². The summed E-state index contributed by atoms with van der Waals surface area (Å²) in [5, 5.41) is 7.86. The molecule has 1 N–H and O–H groups in total. The summed E-state index contributed by atoms with van der Waals surface area (Å²) < 4.78 is 40.7. The molecule has 0 atom stereocenters. The second-order valence-corrected chi connectivity index (χ2v) is 7.07. The molecule has 2 heterocycles. The minimum absolute atomic E-state index is 0.0199. The lowest BCUT2D eigenvalue weighted by Gasteiger charge is -2.14. The van der Waals surface area contributed by atoms with Crippen LogP contribution in [0.25, 0.3) is 16.6 Å². The van der Waals surface area contributed by atoms with Gasteiger partial charge in [0, 0.05) is 5.39 Å². The number of halogens is 3. The van der Waals surface area contributed by atoms with Crippen molar-refractivity contribution >= 4 is 34.3 Å². The van der Waals surface area contributed by atoms with E-state index in [1.54, 1.807) is 0 Å². The number of anilines is 1. The molecule has 30 heavy (non-hydrogen) atoms. The van der Waals surface area contributed by atoms with E-state index in [-0.39, 0.29) is 17.1 Å². The quantitative estimate of drug-likeness (QED) is 0.381. The molecule has 0 bridgehead atoms. The van der Waals surface area contributed by atoms with Crippen molar-refractivity contribution < 1.29 is 18.0 Å². The van der Waals surface area contributed by atoms with Crippen molar-refractivity contribution in [3.8, 4) is 5.69 Å². The van der Waals surface area contributed by atoms with E-state index in [9.17, 15) is 18.0 Å². The van der Waals surface area contributed by atoms with Gasteiger partial charge in [-0.15, -0.1) is 0 Å². The molecule has 0 aliphatic rings. The monoisotopic (exact) mass is 430 g/mol. The lowest BCUT2D eigenvalue weighted by molar-refractivity contribution is -0.137. The predicted octanol–water partition coefficient (Wildman–Crippen LogP) is 3.96. The van der Waals surface area contributed by atoms with Crippen LogP contribution in [0.15, 0.2) is 66.5 Å². The van der Waals surface area contributed by atoms with Gasteiger partial charge in [0.2, 0.25) is 5.91 Å². The third-order valence-corrected chi connectivity index (χ3v) is 5.12. The molecule has 0 fully saturated rings. The number of amides is 1. The summed E-state index contributed by atoms with van der Waals surface area (Å²) in [6.45, 7) is 0. The Morgan fingerprint density at radius 2 is 1.93 bits per heavy atom. The zero-order valence-electron chi connectivity index (χ0n) is 15.2. The molecule has 0 saturated carbocycles. The van der Waals surface area contributed by atoms with E-state index in [1.807, 2.05) is 24.3 Å². The van der Waals surface area contributed by atoms with E-state index in [0.717, 1.165) is 23.0 Å². The van der Waals surface area contributed by atoms with Crippen molar-refractivity contribution in [1.29, 1.82) is 0 Å². The Kier molecular flexibility index (Phi) is 5.36. The molecule has 7 nitrogen and oxygen atoms in total. The molecule has 11 heteroatoms. The number of alkyl halides is 3. The molecule has 4 aromatic rings. The maximum atomic E-state index is 13.1. The van der Waals surface area contributed by atoms with E-state index in [4.69, 9.17) is 0 Å². The number of aromatic nitrogens is 5. The molecule has 2 aromatic heterocycles. The standard InChI is InChI=1S/C19H13F3N6OS/c20-19(21,22)12-5-6-16(28-11-23-9-26-28)15(7-12)27-17(29)8-30-18-13-3-1-2-4-14(13)24-10-25-18/h1-7,9-11H,8H2,(H,27,29). The van der Waals surface area contributed by atoms with Gasteiger partial charge in [-0.2, -0.15) is 18.3 Å². The minimum Gasteiger partial charge on any atom is -0.323 e. The zero-order chi connectivity index (χ0) is 21.1. The Bertz CT molecular complexity index is 1190. The van der Waals surface area contributed by atoms with E-state index >= 15 is 0 Å². The molecular weight excluding hydrogens is 417 g/mol. The van der Waals surface area contributed by atoms with Gasteiger partial charge in [0.15, 0.2) is 0 Å². The number of fused-ring (bicyclic) bond motifs is 1.